The second kappa shape index (κ2) is 10.9. The minimum Gasteiger partial charge on any atom is -0.392 e. The first-order valence-electron chi connectivity index (χ1n) is 6.61. The summed E-state index contributed by atoms with van der Waals surface area (Å²) in [6, 6.07) is 0. The van der Waals surface area contributed by atoms with Crippen LogP contribution in [0.25, 0.3) is 0 Å². The summed E-state index contributed by atoms with van der Waals surface area (Å²) in [5.74, 6) is 0.0643. The van der Waals surface area contributed by atoms with Gasteiger partial charge in [-0.05, 0) is 13.3 Å². The summed E-state index contributed by atoms with van der Waals surface area (Å²) in [5.41, 5.74) is 0. The van der Waals surface area contributed by atoms with Crippen molar-refractivity contribution in [3.8, 4) is 0 Å². The van der Waals surface area contributed by atoms with Gasteiger partial charge >= 0.3 is 0 Å². The van der Waals surface area contributed by atoms with Crippen LogP contribution < -0.4 is 5.32 Å². The molecule has 0 aromatic carbocycles. The number of unbranched alkanes of at least 4 members (excludes halogenated alkanes) is 6. The Hall–Kier alpha value is -0.570. The number of hydrogen-bond acceptors (Lipinski definition) is 2. The van der Waals surface area contributed by atoms with E-state index in [1.54, 1.807) is 6.92 Å². The zero-order valence-electron chi connectivity index (χ0n) is 10.8. The lowest BCUT2D eigenvalue weighted by Crippen LogP contribution is -2.30. The molecule has 1 amide bonds. The molecule has 0 spiro atoms. The number of carbonyl (C=O) groups is 1. The fraction of sp³-hybridized carbons (Fsp3) is 0.923. The Morgan fingerprint density at radius 1 is 1.12 bits per heavy atom. The quantitative estimate of drug-likeness (QED) is 0.566. The molecule has 0 saturated carbocycles. The van der Waals surface area contributed by atoms with Crippen molar-refractivity contribution in [1.29, 1.82) is 0 Å². The number of carbonyl (C=O) groups excluding carboxylic acids is 1. The van der Waals surface area contributed by atoms with Gasteiger partial charge in [-0.1, -0.05) is 45.4 Å². The predicted octanol–water partition coefficient (Wildman–Crippen LogP) is 2.62. The van der Waals surface area contributed by atoms with E-state index < -0.39 is 6.10 Å². The molecule has 0 aromatic heterocycles. The number of nitrogens with one attached hydrogen (secondary N) is 1. The second-order valence-electron chi connectivity index (χ2n) is 4.52. The van der Waals surface area contributed by atoms with Gasteiger partial charge in [0.2, 0.25) is 5.91 Å². The largest absolute Gasteiger partial charge is 0.392 e. The van der Waals surface area contributed by atoms with E-state index in [1.165, 1.54) is 32.1 Å². The zero-order chi connectivity index (χ0) is 12.2. The fourth-order valence-corrected chi connectivity index (χ4v) is 1.59. The maximum Gasteiger partial charge on any atom is 0.220 e. The molecule has 0 aliphatic heterocycles. The summed E-state index contributed by atoms with van der Waals surface area (Å²) in [5, 5.41) is 11.7. The van der Waals surface area contributed by atoms with E-state index in [9.17, 15) is 4.79 Å². The molecule has 3 heteroatoms. The van der Waals surface area contributed by atoms with Gasteiger partial charge in [-0.25, -0.2) is 0 Å². The third-order valence-corrected chi connectivity index (χ3v) is 2.60. The monoisotopic (exact) mass is 229 g/mol. The minimum absolute atomic E-state index is 0.0643. The molecule has 1 atom stereocenters. The van der Waals surface area contributed by atoms with E-state index in [1.807, 2.05) is 0 Å². The molecule has 0 aliphatic rings. The molecule has 0 fully saturated rings. The van der Waals surface area contributed by atoms with Crippen LogP contribution in [0, 0.1) is 0 Å². The van der Waals surface area contributed by atoms with Crippen molar-refractivity contribution in [2.75, 3.05) is 6.54 Å². The smallest absolute Gasteiger partial charge is 0.220 e. The molecular weight excluding hydrogens is 202 g/mol. The molecule has 0 aliphatic carbocycles. The number of hydrogen-bond donors (Lipinski definition) is 2. The molecule has 16 heavy (non-hydrogen) atoms. The molecule has 0 bridgehead atoms. The first-order valence-corrected chi connectivity index (χ1v) is 6.61. The van der Waals surface area contributed by atoms with Gasteiger partial charge < -0.3 is 10.4 Å². The van der Waals surface area contributed by atoms with Gasteiger partial charge in [0.25, 0.3) is 0 Å². The number of amides is 1. The molecule has 3 nitrogen and oxygen atoms in total. The van der Waals surface area contributed by atoms with Crippen LogP contribution in [0.4, 0.5) is 0 Å². The van der Waals surface area contributed by atoms with E-state index in [-0.39, 0.29) is 5.91 Å². The van der Waals surface area contributed by atoms with Gasteiger partial charge in [0.05, 0.1) is 6.10 Å². The lowest BCUT2D eigenvalue weighted by Gasteiger charge is -2.06. The van der Waals surface area contributed by atoms with Crippen LogP contribution in [0.1, 0.15) is 65.2 Å². The summed E-state index contributed by atoms with van der Waals surface area (Å²) >= 11 is 0. The number of aliphatic hydroxyl groups excluding tert-OH is 1. The molecule has 0 saturated heterocycles. The molecule has 0 radical (unpaired) electrons. The third-order valence-electron chi connectivity index (χ3n) is 2.60. The molecule has 96 valence electrons. The molecule has 0 rings (SSSR count). The Labute approximate surface area is 99.6 Å². The summed E-state index contributed by atoms with van der Waals surface area (Å²) < 4.78 is 0. The average molecular weight is 229 g/mol. The summed E-state index contributed by atoms with van der Waals surface area (Å²) in [6.07, 6.45) is 8.73. The highest BCUT2D eigenvalue weighted by Gasteiger charge is 2.02. The Bertz CT molecular complexity index is 169. The molecule has 0 aromatic rings. The lowest BCUT2D eigenvalue weighted by molar-refractivity contribution is -0.121. The first-order chi connectivity index (χ1) is 7.66. The lowest BCUT2D eigenvalue weighted by atomic mass is 10.1. The summed E-state index contributed by atoms with van der Waals surface area (Å²) in [7, 11) is 0. The third kappa shape index (κ3) is 11.5. The molecule has 1 unspecified atom stereocenters. The Kier molecular flexibility index (Phi) is 10.5. The molecular formula is C13H27NO2. The van der Waals surface area contributed by atoms with E-state index in [0.717, 1.165) is 12.8 Å². The minimum atomic E-state index is -0.446. The highest BCUT2D eigenvalue weighted by atomic mass is 16.3. The number of rotatable bonds is 10. The summed E-state index contributed by atoms with van der Waals surface area (Å²) in [4.78, 5) is 11.3. The van der Waals surface area contributed by atoms with Crippen molar-refractivity contribution in [2.24, 2.45) is 0 Å². The van der Waals surface area contributed by atoms with Gasteiger partial charge in [-0.2, -0.15) is 0 Å². The Balaban J connectivity index is 3.15. The van der Waals surface area contributed by atoms with Gasteiger partial charge in [-0.15, -0.1) is 0 Å². The molecule has 2 N–H and O–H groups in total. The standard InChI is InChI=1S/C13H27NO2/c1-3-4-5-6-7-8-9-10-13(16)14-11-12(2)15/h12,15H,3-11H2,1-2H3,(H,14,16). The first kappa shape index (κ1) is 15.4. The zero-order valence-corrected chi connectivity index (χ0v) is 10.8. The SMILES string of the molecule is CCCCCCCCCC(=O)NCC(C)O. The Morgan fingerprint density at radius 3 is 2.25 bits per heavy atom. The maximum absolute atomic E-state index is 11.3. The second-order valence-corrected chi connectivity index (χ2v) is 4.52. The van der Waals surface area contributed by atoms with Crippen molar-refractivity contribution in [2.45, 2.75) is 71.3 Å². The van der Waals surface area contributed by atoms with Gasteiger partial charge in [0.1, 0.15) is 0 Å². The van der Waals surface area contributed by atoms with Crippen molar-refractivity contribution in [1.82, 2.24) is 5.32 Å². The van der Waals surface area contributed by atoms with Crippen molar-refractivity contribution < 1.29 is 9.90 Å². The van der Waals surface area contributed by atoms with E-state index in [2.05, 4.69) is 12.2 Å². The predicted molar refractivity (Wildman–Crippen MR) is 67.3 cm³/mol. The molecule has 0 heterocycles. The van der Waals surface area contributed by atoms with Crippen molar-refractivity contribution in [3.05, 3.63) is 0 Å². The average Bonchev–Trinajstić information content (AvgIpc) is 2.25. The normalized spacial score (nSPS) is 12.4. The summed E-state index contributed by atoms with van der Waals surface area (Å²) in [6.45, 7) is 4.26. The van der Waals surface area contributed by atoms with E-state index >= 15 is 0 Å². The highest BCUT2D eigenvalue weighted by molar-refractivity contribution is 5.75. The van der Waals surface area contributed by atoms with Crippen molar-refractivity contribution >= 4 is 5.91 Å². The Morgan fingerprint density at radius 2 is 1.69 bits per heavy atom. The van der Waals surface area contributed by atoms with Crippen LogP contribution in [0.2, 0.25) is 0 Å². The van der Waals surface area contributed by atoms with Gasteiger partial charge in [-0.3, -0.25) is 4.79 Å². The topological polar surface area (TPSA) is 49.3 Å². The van der Waals surface area contributed by atoms with Crippen molar-refractivity contribution in [3.63, 3.8) is 0 Å². The number of aliphatic hydroxyl groups is 1. The van der Waals surface area contributed by atoms with Crippen LogP contribution in [0.15, 0.2) is 0 Å². The maximum atomic E-state index is 11.3. The van der Waals surface area contributed by atoms with E-state index in [0.29, 0.717) is 13.0 Å². The van der Waals surface area contributed by atoms with Crippen LogP contribution in [0.5, 0.6) is 0 Å². The van der Waals surface area contributed by atoms with Crippen LogP contribution in [-0.4, -0.2) is 23.7 Å². The van der Waals surface area contributed by atoms with Gasteiger partial charge in [0.15, 0.2) is 0 Å². The highest BCUT2D eigenvalue weighted by Crippen LogP contribution is 2.08. The van der Waals surface area contributed by atoms with E-state index in [4.69, 9.17) is 5.11 Å². The van der Waals surface area contributed by atoms with Crippen LogP contribution >= 0.6 is 0 Å². The van der Waals surface area contributed by atoms with Gasteiger partial charge in [0, 0.05) is 13.0 Å². The fourth-order valence-electron chi connectivity index (χ4n) is 1.59. The van der Waals surface area contributed by atoms with Crippen LogP contribution in [-0.2, 0) is 4.79 Å². The van der Waals surface area contributed by atoms with Crippen LogP contribution in [0.3, 0.4) is 0 Å².